The number of anilines is 3. The molecule has 5 nitrogen and oxygen atoms in total. The van der Waals surface area contributed by atoms with Gasteiger partial charge in [-0.1, -0.05) is 43.6 Å². The van der Waals surface area contributed by atoms with Gasteiger partial charge in [-0.2, -0.15) is 0 Å². The average molecular weight is 381 g/mol. The standard InChI is InChI=1S/C21H21ClN4O/c1-13(2)15-5-8-17(9-6-15)25-20(27)16-11-23-21(24-12-16)26-18-7-4-14(3)19(22)10-18/h4-13H,1-3H3,(H,25,27)(H,23,24,26). The number of nitrogens with one attached hydrogen (secondary N) is 2. The third-order valence-corrected chi connectivity index (χ3v) is 4.58. The van der Waals surface area contributed by atoms with Crippen LogP contribution in [0.4, 0.5) is 17.3 Å². The Morgan fingerprint density at radius 3 is 2.22 bits per heavy atom. The fraction of sp³-hybridized carbons (Fsp3) is 0.190. The topological polar surface area (TPSA) is 66.9 Å². The highest BCUT2D eigenvalue weighted by molar-refractivity contribution is 6.31. The molecule has 3 rings (SSSR count). The fourth-order valence-electron chi connectivity index (χ4n) is 2.46. The number of halogens is 1. The lowest BCUT2D eigenvalue weighted by Gasteiger charge is -2.09. The predicted molar refractivity (Wildman–Crippen MR) is 110 cm³/mol. The molecule has 6 heteroatoms. The zero-order valence-electron chi connectivity index (χ0n) is 15.5. The summed E-state index contributed by atoms with van der Waals surface area (Å²) in [5.41, 5.74) is 4.13. The average Bonchev–Trinajstić information content (AvgIpc) is 2.66. The minimum absolute atomic E-state index is 0.253. The molecular formula is C21H21ClN4O. The van der Waals surface area contributed by atoms with Crippen LogP contribution < -0.4 is 10.6 Å². The van der Waals surface area contributed by atoms with E-state index in [0.717, 1.165) is 16.9 Å². The number of carbonyl (C=O) groups excluding carboxylic acids is 1. The summed E-state index contributed by atoms with van der Waals surface area (Å²) in [5, 5.41) is 6.58. The number of nitrogens with zero attached hydrogens (tertiary/aromatic N) is 2. The van der Waals surface area contributed by atoms with Crippen molar-refractivity contribution >= 4 is 34.8 Å². The van der Waals surface area contributed by atoms with E-state index in [-0.39, 0.29) is 5.91 Å². The number of carbonyl (C=O) groups is 1. The molecule has 0 unspecified atom stereocenters. The van der Waals surface area contributed by atoms with Crippen LogP contribution in [-0.2, 0) is 0 Å². The first-order chi connectivity index (χ1) is 12.9. The van der Waals surface area contributed by atoms with Gasteiger partial charge in [-0.15, -0.1) is 0 Å². The van der Waals surface area contributed by atoms with Crippen LogP contribution >= 0.6 is 11.6 Å². The minimum atomic E-state index is -0.253. The number of aromatic nitrogens is 2. The predicted octanol–water partition coefficient (Wildman–Crippen LogP) is 5.56. The van der Waals surface area contributed by atoms with Crippen LogP contribution in [0.2, 0.25) is 5.02 Å². The maximum atomic E-state index is 12.4. The number of amides is 1. The Balaban J connectivity index is 1.65. The van der Waals surface area contributed by atoms with Crippen molar-refractivity contribution in [3.05, 3.63) is 76.6 Å². The second-order valence-corrected chi connectivity index (χ2v) is 7.02. The first-order valence-corrected chi connectivity index (χ1v) is 9.06. The molecule has 0 saturated carbocycles. The largest absolute Gasteiger partial charge is 0.324 e. The van der Waals surface area contributed by atoms with Gasteiger partial charge in [-0.05, 0) is 48.2 Å². The Morgan fingerprint density at radius 2 is 1.63 bits per heavy atom. The van der Waals surface area contributed by atoms with Gasteiger partial charge in [0.15, 0.2) is 0 Å². The van der Waals surface area contributed by atoms with Gasteiger partial charge >= 0.3 is 0 Å². The van der Waals surface area contributed by atoms with Gasteiger partial charge in [0.2, 0.25) is 5.95 Å². The van der Waals surface area contributed by atoms with Gasteiger partial charge in [0.1, 0.15) is 0 Å². The Hall–Kier alpha value is -2.92. The van der Waals surface area contributed by atoms with E-state index in [0.29, 0.717) is 22.5 Å². The molecule has 0 bridgehead atoms. The van der Waals surface area contributed by atoms with Crippen molar-refractivity contribution in [1.29, 1.82) is 0 Å². The maximum Gasteiger partial charge on any atom is 0.258 e. The van der Waals surface area contributed by atoms with Gasteiger partial charge in [0, 0.05) is 28.8 Å². The van der Waals surface area contributed by atoms with Crippen LogP contribution in [0.25, 0.3) is 0 Å². The van der Waals surface area contributed by atoms with E-state index in [1.165, 1.54) is 18.0 Å². The molecule has 3 aromatic rings. The van der Waals surface area contributed by atoms with Gasteiger partial charge in [0.25, 0.3) is 5.91 Å². The zero-order valence-corrected chi connectivity index (χ0v) is 16.2. The Bertz CT molecular complexity index is 937. The lowest BCUT2D eigenvalue weighted by Crippen LogP contribution is -2.13. The molecule has 2 aromatic carbocycles. The molecule has 0 radical (unpaired) electrons. The molecule has 0 spiro atoms. The number of aryl methyl sites for hydroxylation is 1. The molecule has 1 amide bonds. The van der Waals surface area contributed by atoms with Crippen molar-refractivity contribution in [2.75, 3.05) is 10.6 Å². The van der Waals surface area contributed by atoms with Crippen LogP contribution in [0.5, 0.6) is 0 Å². The quantitative estimate of drug-likeness (QED) is 0.608. The molecule has 0 atom stereocenters. The van der Waals surface area contributed by atoms with Crippen molar-refractivity contribution in [2.24, 2.45) is 0 Å². The highest BCUT2D eigenvalue weighted by atomic mass is 35.5. The number of benzene rings is 2. The van der Waals surface area contributed by atoms with Crippen LogP contribution in [0.3, 0.4) is 0 Å². The van der Waals surface area contributed by atoms with Gasteiger partial charge in [-0.25, -0.2) is 9.97 Å². The second kappa shape index (κ2) is 8.18. The van der Waals surface area contributed by atoms with Crippen LogP contribution in [-0.4, -0.2) is 15.9 Å². The summed E-state index contributed by atoms with van der Waals surface area (Å²) in [6.07, 6.45) is 2.98. The molecule has 1 aromatic heterocycles. The lowest BCUT2D eigenvalue weighted by atomic mass is 10.0. The smallest absolute Gasteiger partial charge is 0.258 e. The third-order valence-electron chi connectivity index (χ3n) is 4.18. The van der Waals surface area contributed by atoms with E-state index >= 15 is 0 Å². The summed E-state index contributed by atoms with van der Waals surface area (Å²) in [5.74, 6) is 0.594. The zero-order chi connectivity index (χ0) is 19.4. The molecule has 0 fully saturated rings. The molecule has 2 N–H and O–H groups in total. The Morgan fingerprint density at radius 1 is 1.00 bits per heavy atom. The molecule has 0 aliphatic heterocycles. The van der Waals surface area contributed by atoms with E-state index in [9.17, 15) is 4.79 Å². The molecule has 0 aliphatic carbocycles. The molecule has 0 saturated heterocycles. The number of hydrogen-bond acceptors (Lipinski definition) is 4. The molecule has 27 heavy (non-hydrogen) atoms. The van der Waals surface area contributed by atoms with Crippen molar-refractivity contribution in [1.82, 2.24) is 9.97 Å². The van der Waals surface area contributed by atoms with Crippen molar-refractivity contribution in [3.8, 4) is 0 Å². The fourth-order valence-corrected chi connectivity index (χ4v) is 2.64. The summed E-state index contributed by atoms with van der Waals surface area (Å²) in [6.45, 7) is 6.20. The lowest BCUT2D eigenvalue weighted by molar-refractivity contribution is 0.102. The van der Waals surface area contributed by atoms with Crippen molar-refractivity contribution in [3.63, 3.8) is 0 Å². The molecule has 1 heterocycles. The second-order valence-electron chi connectivity index (χ2n) is 6.62. The normalized spacial score (nSPS) is 10.7. The summed E-state index contributed by atoms with van der Waals surface area (Å²) in [4.78, 5) is 20.8. The Labute approximate surface area is 163 Å². The van der Waals surface area contributed by atoms with Crippen molar-refractivity contribution < 1.29 is 4.79 Å². The first-order valence-electron chi connectivity index (χ1n) is 8.69. The van der Waals surface area contributed by atoms with Crippen LogP contribution in [0.1, 0.15) is 41.3 Å². The van der Waals surface area contributed by atoms with Crippen LogP contribution in [0, 0.1) is 6.92 Å². The summed E-state index contributed by atoms with van der Waals surface area (Å²) in [7, 11) is 0. The number of rotatable bonds is 5. The highest BCUT2D eigenvalue weighted by Gasteiger charge is 2.09. The van der Waals surface area contributed by atoms with E-state index in [2.05, 4.69) is 34.4 Å². The van der Waals surface area contributed by atoms with E-state index < -0.39 is 0 Å². The third kappa shape index (κ3) is 4.83. The minimum Gasteiger partial charge on any atom is -0.324 e. The maximum absolute atomic E-state index is 12.4. The SMILES string of the molecule is Cc1ccc(Nc2ncc(C(=O)Nc3ccc(C(C)C)cc3)cn2)cc1Cl. The number of hydrogen-bond donors (Lipinski definition) is 2. The van der Waals surface area contributed by atoms with Crippen molar-refractivity contribution in [2.45, 2.75) is 26.7 Å². The molecule has 0 aliphatic rings. The van der Waals surface area contributed by atoms with Gasteiger partial charge in [-0.3, -0.25) is 4.79 Å². The molecule has 138 valence electrons. The van der Waals surface area contributed by atoms with E-state index in [1.807, 2.05) is 49.4 Å². The van der Waals surface area contributed by atoms with E-state index in [1.54, 1.807) is 0 Å². The Kier molecular flexibility index (Phi) is 5.72. The van der Waals surface area contributed by atoms with E-state index in [4.69, 9.17) is 11.6 Å². The van der Waals surface area contributed by atoms with Gasteiger partial charge in [0.05, 0.1) is 5.56 Å². The summed E-state index contributed by atoms with van der Waals surface area (Å²) < 4.78 is 0. The first kappa shape index (κ1) is 18.9. The summed E-state index contributed by atoms with van der Waals surface area (Å²) >= 11 is 6.12. The van der Waals surface area contributed by atoms with Crippen LogP contribution in [0.15, 0.2) is 54.9 Å². The molecular weight excluding hydrogens is 360 g/mol. The monoisotopic (exact) mass is 380 g/mol. The van der Waals surface area contributed by atoms with Gasteiger partial charge < -0.3 is 10.6 Å². The highest BCUT2D eigenvalue weighted by Crippen LogP contribution is 2.22. The summed E-state index contributed by atoms with van der Waals surface area (Å²) in [6, 6.07) is 13.4.